The molecule has 0 bridgehead atoms. The minimum Gasteiger partial charge on any atom is -0.484 e. The molecule has 0 aliphatic heterocycles. The molecule has 166 valence electrons. The first-order valence-corrected chi connectivity index (χ1v) is 9.98. The van der Waals surface area contributed by atoms with Crippen molar-refractivity contribution >= 4 is 46.7 Å². The number of carbonyl (C=O) groups excluding carboxylic acids is 1. The van der Waals surface area contributed by atoms with Crippen LogP contribution in [0.1, 0.15) is 11.1 Å². The fourth-order valence-electron chi connectivity index (χ4n) is 3.08. The van der Waals surface area contributed by atoms with E-state index in [-0.39, 0.29) is 36.5 Å². The fourth-order valence-corrected chi connectivity index (χ4v) is 3.08. The number of para-hydroxylation sites is 1. The Hall–Kier alpha value is -2.75. The highest BCUT2D eigenvalue weighted by molar-refractivity contribution is 14.0. The minimum absolute atomic E-state index is 0. The molecule has 0 unspecified atom stereocenters. The lowest BCUT2D eigenvalue weighted by Crippen LogP contribution is -2.37. The summed E-state index contributed by atoms with van der Waals surface area (Å²) in [6.45, 7) is 1.41. The SMILES string of the molecule is CN=C(NCCc1c[nH]c2ccccc12)NCc1cccc(OCC(=O)N(C)C)c1.I. The summed E-state index contributed by atoms with van der Waals surface area (Å²) in [5.74, 6) is 1.34. The zero-order valence-corrected chi connectivity index (χ0v) is 20.5. The maximum Gasteiger partial charge on any atom is 0.259 e. The normalized spacial score (nSPS) is 11.0. The lowest BCUT2D eigenvalue weighted by atomic mass is 10.1. The molecule has 1 aromatic heterocycles. The Balaban J connectivity index is 0.00000341. The van der Waals surface area contributed by atoms with Gasteiger partial charge in [0.15, 0.2) is 12.6 Å². The van der Waals surface area contributed by atoms with Crippen LogP contribution in [0.25, 0.3) is 10.9 Å². The molecule has 0 saturated heterocycles. The zero-order valence-electron chi connectivity index (χ0n) is 18.1. The molecule has 1 amide bonds. The van der Waals surface area contributed by atoms with Crippen LogP contribution in [0.4, 0.5) is 0 Å². The smallest absolute Gasteiger partial charge is 0.259 e. The Morgan fingerprint density at radius 1 is 1.13 bits per heavy atom. The third kappa shape index (κ3) is 7.16. The van der Waals surface area contributed by atoms with E-state index in [2.05, 4.69) is 45.0 Å². The zero-order chi connectivity index (χ0) is 21.3. The Morgan fingerprint density at radius 3 is 2.71 bits per heavy atom. The number of guanidine groups is 1. The maximum absolute atomic E-state index is 11.7. The minimum atomic E-state index is -0.0710. The molecule has 1 heterocycles. The van der Waals surface area contributed by atoms with Gasteiger partial charge in [-0.15, -0.1) is 24.0 Å². The van der Waals surface area contributed by atoms with Gasteiger partial charge in [-0.3, -0.25) is 9.79 Å². The Kier molecular flexibility index (Phi) is 9.64. The first-order chi connectivity index (χ1) is 14.6. The van der Waals surface area contributed by atoms with Gasteiger partial charge in [0, 0.05) is 51.3 Å². The van der Waals surface area contributed by atoms with Crippen LogP contribution in [0.2, 0.25) is 0 Å². The van der Waals surface area contributed by atoms with Gasteiger partial charge in [0.1, 0.15) is 5.75 Å². The third-order valence-electron chi connectivity index (χ3n) is 4.80. The molecular formula is C23H30IN5O2. The van der Waals surface area contributed by atoms with Crippen LogP contribution < -0.4 is 15.4 Å². The van der Waals surface area contributed by atoms with E-state index in [0.29, 0.717) is 12.3 Å². The number of hydrogen-bond acceptors (Lipinski definition) is 3. The summed E-state index contributed by atoms with van der Waals surface area (Å²) in [6.07, 6.45) is 2.96. The number of H-pyrrole nitrogens is 1. The van der Waals surface area contributed by atoms with Crippen LogP contribution in [0.5, 0.6) is 5.75 Å². The number of hydrogen-bond donors (Lipinski definition) is 3. The summed E-state index contributed by atoms with van der Waals surface area (Å²) in [5, 5.41) is 7.92. The molecule has 0 atom stereocenters. The van der Waals surface area contributed by atoms with Crippen molar-refractivity contribution in [1.29, 1.82) is 0 Å². The highest BCUT2D eigenvalue weighted by atomic mass is 127. The van der Waals surface area contributed by atoms with Crippen LogP contribution >= 0.6 is 24.0 Å². The van der Waals surface area contributed by atoms with Crippen molar-refractivity contribution < 1.29 is 9.53 Å². The summed E-state index contributed by atoms with van der Waals surface area (Å²) in [4.78, 5) is 20.8. The molecule has 7 nitrogen and oxygen atoms in total. The van der Waals surface area contributed by atoms with E-state index in [4.69, 9.17) is 4.74 Å². The van der Waals surface area contributed by atoms with Crippen molar-refractivity contribution in [3.05, 3.63) is 65.9 Å². The van der Waals surface area contributed by atoms with E-state index in [1.807, 2.05) is 30.3 Å². The number of aliphatic imine (C=N–C) groups is 1. The topological polar surface area (TPSA) is 81.7 Å². The van der Waals surface area contributed by atoms with Gasteiger partial charge in [-0.2, -0.15) is 0 Å². The third-order valence-corrected chi connectivity index (χ3v) is 4.80. The summed E-state index contributed by atoms with van der Waals surface area (Å²) in [7, 11) is 5.18. The van der Waals surface area contributed by atoms with Gasteiger partial charge < -0.3 is 25.3 Å². The second kappa shape index (κ2) is 12.2. The van der Waals surface area contributed by atoms with E-state index in [1.165, 1.54) is 15.8 Å². The quantitative estimate of drug-likeness (QED) is 0.235. The lowest BCUT2D eigenvalue weighted by molar-refractivity contribution is -0.130. The van der Waals surface area contributed by atoms with Crippen LogP contribution in [0, 0.1) is 0 Å². The average Bonchev–Trinajstić information content (AvgIpc) is 3.17. The number of amides is 1. The average molecular weight is 535 g/mol. The van der Waals surface area contributed by atoms with Gasteiger partial charge in [0.25, 0.3) is 5.91 Å². The monoisotopic (exact) mass is 535 g/mol. The second-order valence-electron chi connectivity index (χ2n) is 7.19. The number of carbonyl (C=O) groups is 1. The van der Waals surface area contributed by atoms with Gasteiger partial charge >= 0.3 is 0 Å². The molecule has 8 heteroatoms. The number of nitrogens with zero attached hydrogens (tertiary/aromatic N) is 2. The standard InChI is InChI=1S/C23H29N5O2.HI/c1-24-23(25-12-11-18-15-26-21-10-5-4-9-20(18)21)27-14-17-7-6-8-19(13-17)30-16-22(29)28(2)3;/h4-10,13,15,26H,11-12,14,16H2,1-3H3,(H2,24,25,27);1H. The van der Waals surface area contributed by atoms with Crippen LogP contribution in [-0.4, -0.2) is 56.0 Å². The number of fused-ring (bicyclic) bond motifs is 1. The molecule has 0 radical (unpaired) electrons. The van der Waals surface area contributed by atoms with E-state index in [1.54, 1.807) is 21.1 Å². The van der Waals surface area contributed by atoms with Crippen molar-refractivity contribution in [1.82, 2.24) is 20.5 Å². The van der Waals surface area contributed by atoms with Crippen LogP contribution in [0.3, 0.4) is 0 Å². The molecule has 3 rings (SSSR count). The molecule has 0 saturated carbocycles. The highest BCUT2D eigenvalue weighted by Crippen LogP contribution is 2.17. The maximum atomic E-state index is 11.7. The molecule has 0 aliphatic rings. The van der Waals surface area contributed by atoms with Crippen LogP contribution in [0.15, 0.2) is 59.7 Å². The predicted molar refractivity (Wildman–Crippen MR) is 136 cm³/mol. The van der Waals surface area contributed by atoms with Gasteiger partial charge in [0.05, 0.1) is 0 Å². The molecule has 31 heavy (non-hydrogen) atoms. The van der Waals surface area contributed by atoms with E-state index in [9.17, 15) is 4.79 Å². The Morgan fingerprint density at radius 2 is 1.94 bits per heavy atom. The molecule has 3 aromatic rings. The number of rotatable bonds is 8. The summed E-state index contributed by atoms with van der Waals surface area (Å²) >= 11 is 0. The molecular weight excluding hydrogens is 505 g/mol. The van der Waals surface area contributed by atoms with Crippen molar-refractivity contribution in [2.24, 2.45) is 4.99 Å². The van der Waals surface area contributed by atoms with E-state index in [0.717, 1.165) is 30.0 Å². The van der Waals surface area contributed by atoms with E-state index < -0.39 is 0 Å². The lowest BCUT2D eigenvalue weighted by Gasteiger charge is -2.13. The number of likely N-dealkylation sites (N-methyl/N-ethyl adjacent to an activating group) is 1. The Bertz CT molecular complexity index is 1020. The first kappa shape index (κ1) is 24.5. The number of aromatic nitrogens is 1. The fraction of sp³-hybridized carbons (Fsp3) is 0.304. The first-order valence-electron chi connectivity index (χ1n) is 9.98. The molecule has 0 spiro atoms. The van der Waals surface area contributed by atoms with Crippen LogP contribution in [-0.2, 0) is 17.8 Å². The predicted octanol–water partition coefficient (Wildman–Crippen LogP) is 3.16. The van der Waals surface area contributed by atoms with Gasteiger partial charge in [-0.1, -0.05) is 30.3 Å². The molecule has 0 fully saturated rings. The van der Waals surface area contributed by atoms with Gasteiger partial charge in [0.2, 0.25) is 0 Å². The summed E-state index contributed by atoms with van der Waals surface area (Å²) in [6, 6.07) is 16.0. The van der Waals surface area contributed by atoms with Crippen molar-refractivity contribution in [3.63, 3.8) is 0 Å². The number of ether oxygens (including phenoxy) is 1. The van der Waals surface area contributed by atoms with Crippen molar-refractivity contribution in [2.75, 3.05) is 34.3 Å². The van der Waals surface area contributed by atoms with Gasteiger partial charge in [-0.25, -0.2) is 0 Å². The Labute approximate surface area is 200 Å². The molecule has 3 N–H and O–H groups in total. The number of halogens is 1. The van der Waals surface area contributed by atoms with Crippen molar-refractivity contribution in [2.45, 2.75) is 13.0 Å². The van der Waals surface area contributed by atoms with E-state index >= 15 is 0 Å². The second-order valence-corrected chi connectivity index (χ2v) is 7.19. The van der Waals surface area contributed by atoms with Gasteiger partial charge in [-0.05, 0) is 35.7 Å². The number of aromatic amines is 1. The number of nitrogens with one attached hydrogen (secondary N) is 3. The molecule has 0 aliphatic carbocycles. The summed E-state index contributed by atoms with van der Waals surface area (Å²) in [5.41, 5.74) is 3.49. The van der Waals surface area contributed by atoms with Crippen molar-refractivity contribution in [3.8, 4) is 5.75 Å². The highest BCUT2D eigenvalue weighted by Gasteiger charge is 2.06. The summed E-state index contributed by atoms with van der Waals surface area (Å²) < 4.78 is 5.58. The largest absolute Gasteiger partial charge is 0.484 e. The molecule has 2 aromatic carbocycles. The number of benzene rings is 2.